The number of alkyl halides is 1. The summed E-state index contributed by atoms with van der Waals surface area (Å²) in [4.78, 5) is 5.52. The van der Waals surface area contributed by atoms with Crippen LogP contribution < -0.4 is 4.74 Å². The molecule has 0 N–H and O–H groups in total. The van der Waals surface area contributed by atoms with Crippen LogP contribution in [0.5, 0.6) is 5.75 Å². The normalized spacial score (nSPS) is 25.8. The molecule has 0 aromatic heterocycles. The van der Waals surface area contributed by atoms with Crippen LogP contribution in [0, 0.1) is 0 Å². The molecule has 20 heavy (non-hydrogen) atoms. The van der Waals surface area contributed by atoms with E-state index in [9.17, 15) is 0 Å². The highest BCUT2D eigenvalue weighted by Gasteiger charge is 2.38. The van der Waals surface area contributed by atoms with E-state index in [1.54, 1.807) is 7.11 Å². The highest BCUT2D eigenvalue weighted by molar-refractivity contribution is 9.09. The fourth-order valence-electron chi connectivity index (χ4n) is 2.40. The number of nitrogens with zero attached hydrogens (tertiary/aromatic N) is 1. The Bertz CT molecular complexity index is 475. The number of oxime groups is 1. The lowest BCUT2D eigenvalue weighted by atomic mass is 9.87. The first kappa shape index (κ1) is 15.3. The Hall–Kier alpha value is -1.07. The smallest absolute Gasteiger partial charge is 0.234 e. The first-order chi connectivity index (χ1) is 9.61. The number of hydrogen-bond donors (Lipinski definition) is 0. The van der Waals surface area contributed by atoms with Gasteiger partial charge in [-0.25, -0.2) is 0 Å². The molecular weight excluding hydrogens is 322 g/mol. The van der Waals surface area contributed by atoms with E-state index in [1.165, 1.54) is 5.56 Å². The average Bonchev–Trinajstić information content (AvgIpc) is 2.47. The van der Waals surface area contributed by atoms with Crippen molar-refractivity contribution in [3.63, 3.8) is 0 Å². The topological polar surface area (TPSA) is 40.0 Å². The molecule has 2 atom stereocenters. The second kappa shape index (κ2) is 6.59. The van der Waals surface area contributed by atoms with Crippen LogP contribution in [0.3, 0.4) is 0 Å². The molecule has 1 aromatic carbocycles. The van der Waals surface area contributed by atoms with Crippen molar-refractivity contribution in [3.05, 3.63) is 29.8 Å². The summed E-state index contributed by atoms with van der Waals surface area (Å²) < 4.78 is 10.9. The van der Waals surface area contributed by atoms with Crippen molar-refractivity contribution >= 4 is 21.6 Å². The van der Waals surface area contributed by atoms with E-state index in [0.29, 0.717) is 11.9 Å². The first-order valence-electron chi connectivity index (χ1n) is 6.70. The highest BCUT2D eigenvalue weighted by Crippen LogP contribution is 2.36. The lowest BCUT2D eigenvalue weighted by molar-refractivity contribution is -0.233. The number of ether oxygens (including phenoxy) is 2. The third kappa shape index (κ3) is 3.33. The lowest BCUT2D eigenvalue weighted by Crippen LogP contribution is -2.39. The quantitative estimate of drug-likeness (QED) is 0.766. The van der Waals surface area contributed by atoms with Crippen LogP contribution in [-0.2, 0) is 9.57 Å². The van der Waals surface area contributed by atoms with Crippen LogP contribution in [0.1, 0.15) is 31.7 Å². The Balaban J connectivity index is 2.26. The van der Waals surface area contributed by atoms with E-state index in [2.05, 4.69) is 33.2 Å². The number of hydrogen-bond acceptors (Lipinski definition) is 4. The SMILES string of the molecule is CCO[C@]1(C)C[C@@H](c2ccc(OC)cc2)C(CBr)=NO1. The van der Waals surface area contributed by atoms with Gasteiger partial charge in [-0.1, -0.05) is 33.2 Å². The number of methoxy groups -OCH3 is 1. The fourth-order valence-corrected chi connectivity index (χ4v) is 2.89. The van der Waals surface area contributed by atoms with Crippen LogP contribution in [0.25, 0.3) is 0 Å². The molecule has 0 bridgehead atoms. The van der Waals surface area contributed by atoms with Crippen LogP contribution in [0.15, 0.2) is 29.4 Å². The molecule has 2 rings (SSSR count). The van der Waals surface area contributed by atoms with Gasteiger partial charge in [0.25, 0.3) is 0 Å². The molecule has 5 heteroatoms. The minimum absolute atomic E-state index is 0.186. The maximum atomic E-state index is 5.69. The summed E-state index contributed by atoms with van der Waals surface area (Å²) >= 11 is 3.48. The van der Waals surface area contributed by atoms with Crippen LogP contribution in [0.2, 0.25) is 0 Å². The molecule has 0 saturated heterocycles. The second-order valence-corrected chi connectivity index (χ2v) is 5.46. The van der Waals surface area contributed by atoms with Gasteiger partial charge in [-0.05, 0) is 24.6 Å². The molecule has 0 unspecified atom stereocenters. The van der Waals surface area contributed by atoms with Gasteiger partial charge in [0.1, 0.15) is 5.75 Å². The highest BCUT2D eigenvalue weighted by atomic mass is 79.9. The van der Waals surface area contributed by atoms with Crippen molar-refractivity contribution in [2.24, 2.45) is 5.16 Å². The number of halogens is 1. The molecule has 1 aliphatic rings. The van der Waals surface area contributed by atoms with Crippen molar-refractivity contribution < 1.29 is 14.3 Å². The molecule has 0 amide bonds. The van der Waals surface area contributed by atoms with Gasteiger partial charge in [0.05, 0.1) is 12.8 Å². The maximum absolute atomic E-state index is 5.69. The van der Waals surface area contributed by atoms with Gasteiger partial charge in [-0.3, -0.25) is 0 Å². The third-order valence-electron chi connectivity index (χ3n) is 3.44. The minimum Gasteiger partial charge on any atom is -0.497 e. The predicted molar refractivity (Wildman–Crippen MR) is 82.7 cm³/mol. The monoisotopic (exact) mass is 341 g/mol. The second-order valence-electron chi connectivity index (χ2n) is 4.90. The Morgan fingerprint density at radius 1 is 1.40 bits per heavy atom. The van der Waals surface area contributed by atoms with E-state index in [1.807, 2.05) is 26.0 Å². The van der Waals surface area contributed by atoms with Crippen molar-refractivity contribution in [1.82, 2.24) is 0 Å². The molecule has 4 nitrogen and oxygen atoms in total. The molecule has 1 aliphatic heterocycles. The molecule has 0 spiro atoms. The fraction of sp³-hybridized carbons (Fsp3) is 0.533. The van der Waals surface area contributed by atoms with Crippen LogP contribution >= 0.6 is 15.9 Å². The molecule has 0 saturated carbocycles. The number of benzene rings is 1. The average molecular weight is 342 g/mol. The zero-order valence-electron chi connectivity index (χ0n) is 12.1. The summed E-state index contributed by atoms with van der Waals surface area (Å²) in [6.07, 6.45) is 0.748. The van der Waals surface area contributed by atoms with Crippen LogP contribution in [0.4, 0.5) is 0 Å². The molecule has 110 valence electrons. The van der Waals surface area contributed by atoms with Crippen molar-refractivity contribution in [3.8, 4) is 5.75 Å². The van der Waals surface area contributed by atoms with Gasteiger partial charge in [0.15, 0.2) is 0 Å². The Labute approximate surface area is 128 Å². The molecule has 1 aromatic rings. The Kier molecular flexibility index (Phi) is 5.05. The summed E-state index contributed by atoms with van der Waals surface area (Å²) in [6.45, 7) is 4.49. The van der Waals surface area contributed by atoms with Gasteiger partial charge in [0.2, 0.25) is 5.79 Å². The largest absolute Gasteiger partial charge is 0.497 e. The summed E-state index contributed by atoms with van der Waals surface area (Å²) in [5.74, 6) is 0.377. The summed E-state index contributed by atoms with van der Waals surface area (Å²) in [5.41, 5.74) is 2.17. The third-order valence-corrected chi connectivity index (χ3v) is 4.01. The predicted octanol–water partition coefficient (Wildman–Crippen LogP) is 3.70. The molecule has 0 fully saturated rings. The first-order valence-corrected chi connectivity index (χ1v) is 7.83. The lowest BCUT2D eigenvalue weighted by Gasteiger charge is -2.35. The van der Waals surface area contributed by atoms with Gasteiger partial charge >= 0.3 is 0 Å². The van der Waals surface area contributed by atoms with Gasteiger partial charge in [0, 0.05) is 31.2 Å². The van der Waals surface area contributed by atoms with Gasteiger partial charge in [-0.15, -0.1) is 0 Å². The van der Waals surface area contributed by atoms with Gasteiger partial charge in [-0.2, -0.15) is 0 Å². The van der Waals surface area contributed by atoms with Crippen molar-refractivity contribution in [2.45, 2.75) is 32.0 Å². The summed E-state index contributed by atoms with van der Waals surface area (Å²) in [7, 11) is 1.67. The van der Waals surface area contributed by atoms with E-state index in [-0.39, 0.29) is 5.92 Å². The molecule has 1 heterocycles. The molecule has 0 radical (unpaired) electrons. The zero-order valence-corrected chi connectivity index (χ0v) is 13.6. The summed E-state index contributed by atoms with van der Waals surface area (Å²) in [6, 6.07) is 8.07. The van der Waals surface area contributed by atoms with E-state index < -0.39 is 5.79 Å². The Morgan fingerprint density at radius 3 is 2.65 bits per heavy atom. The molecular formula is C15H20BrNO3. The maximum Gasteiger partial charge on any atom is 0.234 e. The van der Waals surface area contributed by atoms with E-state index in [0.717, 1.165) is 17.9 Å². The van der Waals surface area contributed by atoms with Crippen LogP contribution in [-0.4, -0.2) is 30.5 Å². The van der Waals surface area contributed by atoms with E-state index >= 15 is 0 Å². The number of rotatable bonds is 5. The standard InChI is InChI=1S/C15H20BrNO3/c1-4-19-15(2)9-13(14(10-16)17-20-15)11-5-7-12(18-3)8-6-11/h5-8,13H,4,9-10H2,1-3H3/t13-,15-/m0/s1. The Morgan fingerprint density at radius 2 is 2.10 bits per heavy atom. The van der Waals surface area contributed by atoms with E-state index in [4.69, 9.17) is 14.3 Å². The summed E-state index contributed by atoms with van der Waals surface area (Å²) in [5, 5.41) is 4.92. The van der Waals surface area contributed by atoms with Crippen molar-refractivity contribution in [2.75, 3.05) is 19.0 Å². The minimum atomic E-state index is -0.662. The van der Waals surface area contributed by atoms with Gasteiger partial charge < -0.3 is 14.3 Å². The van der Waals surface area contributed by atoms with Crippen molar-refractivity contribution in [1.29, 1.82) is 0 Å². The zero-order chi connectivity index (χ0) is 14.6. The molecule has 0 aliphatic carbocycles.